The van der Waals surface area contributed by atoms with Gasteiger partial charge in [0.15, 0.2) is 0 Å². The van der Waals surface area contributed by atoms with Crippen LogP contribution in [0.25, 0.3) is 0 Å². The molecule has 1 fully saturated rings. The number of likely N-dealkylation sites (tertiary alicyclic amines) is 1. The van der Waals surface area contributed by atoms with E-state index in [0.717, 1.165) is 36.3 Å². The molecule has 31 heavy (non-hydrogen) atoms. The molecule has 0 unspecified atom stereocenters. The van der Waals surface area contributed by atoms with Crippen LogP contribution in [0.3, 0.4) is 0 Å². The molecule has 158 valence electrons. The van der Waals surface area contributed by atoms with Crippen LogP contribution in [0.2, 0.25) is 0 Å². The van der Waals surface area contributed by atoms with Crippen molar-refractivity contribution in [2.24, 2.45) is 0 Å². The summed E-state index contributed by atoms with van der Waals surface area (Å²) >= 11 is 0. The van der Waals surface area contributed by atoms with Crippen LogP contribution in [0.4, 0.5) is 0 Å². The summed E-state index contributed by atoms with van der Waals surface area (Å²) in [7, 11) is 0. The quantitative estimate of drug-likeness (QED) is 0.696. The largest absolute Gasteiger partial charge is 0.338 e. The van der Waals surface area contributed by atoms with Crippen molar-refractivity contribution in [2.45, 2.75) is 31.8 Å². The van der Waals surface area contributed by atoms with E-state index >= 15 is 0 Å². The van der Waals surface area contributed by atoms with E-state index in [9.17, 15) is 9.59 Å². The summed E-state index contributed by atoms with van der Waals surface area (Å²) in [6.07, 6.45) is 8.36. The minimum absolute atomic E-state index is 0.0291. The van der Waals surface area contributed by atoms with Gasteiger partial charge >= 0.3 is 0 Å². The number of H-pyrrole nitrogens is 1. The monoisotopic (exact) mass is 416 g/mol. The maximum absolute atomic E-state index is 12.7. The molecular formula is C23H24N6O2. The van der Waals surface area contributed by atoms with E-state index in [1.54, 1.807) is 30.7 Å². The number of aromatic nitrogens is 4. The lowest BCUT2D eigenvalue weighted by atomic mass is 10.0. The highest BCUT2D eigenvalue weighted by atomic mass is 16.2. The van der Waals surface area contributed by atoms with Crippen LogP contribution in [0.1, 0.15) is 45.3 Å². The van der Waals surface area contributed by atoms with Crippen LogP contribution in [0.15, 0.2) is 53.8 Å². The van der Waals surface area contributed by atoms with Crippen molar-refractivity contribution in [3.05, 3.63) is 87.6 Å². The van der Waals surface area contributed by atoms with Gasteiger partial charge in [-0.3, -0.25) is 24.5 Å². The van der Waals surface area contributed by atoms with Crippen molar-refractivity contribution >= 4 is 5.91 Å². The van der Waals surface area contributed by atoms with Crippen molar-refractivity contribution in [1.82, 2.24) is 29.7 Å². The molecule has 3 aromatic heterocycles. The van der Waals surface area contributed by atoms with Crippen LogP contribution < -0.4 is 5.56 Å². The van der Waals surface area contributed by atoms with Gasteiger partial charge in [0.25, 0.3) is 11.5 Å². The first kappa shape index (κ1) is 19.6. The number of nitrogens with one attached hydrogen (secondary N) is 1. The van der Waals surface area contributed by atoms with Crippen molar-refractivity contribution in [3.63, 3.8) is 0 Å². The highest BCUT2D eigenvalue weighted by Gasteiger charge is 2.31. The van der Waals surface area contributed by atoms with E-state index in [0.29, 0.717) is 37.4 Å². The fourth-order valence-electron chi connectivity index (χ4n) is 4.43. The Labute approximate surface area is 180 Å². The highest BCUT2D eigenvalue weighted by molar-refractivity contribution is 5.94. The zero-order valence-electron chi connectivity index (χ0n) is 17.2. The Kier molecular flexibility index (Phi) is 5.30. The van der Waals surface area contributed by atoms with Crippen molar-refractivity contribution in [3.8, 4) is 0 Å². The molecule has 0 radical (unpaired) electrons. The van der Waals surface area contributed by atoms with E-state index in [2.05, 4.69) is 25.9 Å². The third-order valence-electron chi connectivity index (χ3n) is 6.07. The molecule has 8 heteroatoms. The predicted molar refractivity (Wildman–Crippen MR) is 114 cm³/mol. The smallest absolute Gasteiger partial charge is 0.255 e. The molecule has 0 aromatic carbocycles. The number of amides is 1. The Hall–Kier alpha value is -3.39. The number of carbonyl (C=O) groups excluding carboxylic acids is 1. The Balaban J connectivity index is 1.31. The van der Waals surface area contributed by atoms with Crippen LogP contribution in [-0.4, -0.2) is 55.3 Å². The number of hydrogen-bond donors (Lipinski definition) is 1. The Bertz CT molecular complexity index is 1130. The lowest BCUT2D eigenvalue weighted by molar-refractivity contribution is 0.0790. The zero-order valence-corrected chi connectivity index (χ0v) is 17.2. The zero-order chi connectivity index (χ0) is 21.2. The standard InChI is InChI=1S/C23H24N6O2/c30-22-19-6-9-28(13-16-3-1-7-24-11-16)15-20(19)26-21(27-22)18-5-10-29(14-18)23(31)17-4-2-8-25-12-17/h1-4,7-8,11-12,18H,5-6,9-10,13-15H2,(H,26,27,30)/t18-/m0/s1. The van der Waals surface area contributed by atoms with Gasteiger partial charge in [-0.25, -0.2) is 4.98 Å². The second-order valence-electron chi connectivity index (χ2n) is 8.18. The van der Waals surface area contributed by atoms with Crippen molar-refractivity contribution in [2.75, 3.05) is 19.6 Å². The third kappa shape index (κ3) is 4.11. The second-order valence-corrected chi connectivity index (χ2v) is 8.18. The molecule has 0 aliphatic carbocycles. The molecule has 2 aliphatic rings. The normalized spacial score (nSPS) is 18.7. The third-order valence-corrected chi connectivity index (χ3v) is 6.07. The number of rotatable bonds is 4. The number of hydrogen-bond acceptors (Lipinski definition) is 6. The van der Waals surface area contributed by atoms with Crippen LogP contribution in [0, 0.1) is 0 Å². The summed E-state index contributed by atoms with van der Waals surface area (Å²) in [6, 6.07) is 7.54. The summed E-state index contributed by atoms with van der Waals surface area (Å²) < 4.78 is 0. The SMILES string of the molecule is O=C(c1cccnc1)N1CC[C@H](c2nc3c(c(=O)[nH]2)CCN(Cc2cccnc2)C3)C1. The first-order valence-corrected chi connectivity index (χ1v) is 10.6. The van der Waals surface area contributed by atoms with Crippen molar-refractivity contribution in [1.29, 1.82) is 0 Å². The van der Waals surface area contributed by atoms with Gasteiger partial charge in [0.05, 0.1) is 11.3 Å². The van der Waals surface area contributed by atoms with E-state index in [4.69, 9.17) is 4.98 Å². The highest BCUT2D eigenvalue weighted by Crippen LogP contribution is 2.27. The molecule has 1 saturated heterocycles. The average molecular weight is 416 g/mol. The van der Waals surface area contributed by atoms with Gasteiger partial charge in [-0.05, 0) is 36.6 Å². The molecule has 5 rings (SSSR count). The maximum Gasteiger partial charge on any atom is 0.255 e. The summed E-state index contributed by atoms with van der Waals surface area (Å²) in [6.45, 7) is 3.45. The van der Waals surface area contributed by atoms with E-state index in [1.165, 1.54) is 0 Å². The second kappa shape index (κ2) is 8.39. The molecule has 3 aromatic rings. The molecule has 0 bridgehead atoms. The van der Waals surface area contributed by atoms with Crippen LogP contribution >= 0.6 is 0 Å². The van der Waals surface area contributed by atoms with Crippen LogP contribution in [-0.2, 0) is 19.5 Å². The Morgan fingerprint density at radius 3 is 2.74 bits per heavy atom. The summed E-state index contributed by atoms with van der Waals surface area (Å²) in [5.74, 6) is 0.694. The molecule has 5 heterocycles. The number of aromatic amines is 1. The van der Waals surface area contributed by atoms with E-state index in [1.807, 2.05) is 17.2 Å². The average Bonchev–Trinajstić information content (AvgIpc) is 3.30. The first-order chi connectivity index (χ1) is 15.2. The molecule has 1 atom stereocenters. The van der Waals surface area contributed by atoms with Gasteiger partial charge in [-0.15, -0.1) is 0 Å². The van der Waals surface area contributed by atoms with E-state index < -0.39 is 0 Å². The summed E-state index contributed by atoms with van der Waals surface area (Å²) in [4.78, 5) is 45.6. The Morgan fingerprint density at radius 2 is 1.97 bits per heavy atom. The van der Waals surface area contributed by atoms with Crippen molar-refractivity contribution < 1.29 is 4.79 Å². The van der Waals surface area contributed by atoms with Crippen LogP contribution in [0.5, 0.6) is 0 Å². The van der Waals surface area contributed by atoms with Gasteiger partial charge < -0.3 is 9.88 Å². The number of nitrogens with zero attached hydrogens (tertiary/aromatic N) is 5. The summed E-state index contributed by atoms with van der Waals surface area (Å²) in [5, 5.41) is 0. The molecular weight excluding hydrogens is 392 g/mol. The minimum Gasteiger partial charge on any atom is -0.338 e. The fraction of sp³-hybridized carbons (Fsp3) is 0.348. The molecule has 1 amide bonds. The number of carbonyl (C=O) groups is 1. The predicted octanol–water partition coefficient (Wildman–Crippen LogP) is 1.75. The van der Waals surface area contributed by atoms with Gasteiger partial charge in [-0.1, -0.05) is 6.07 Å². The molecule has 0 spiro atoms. The van der Waals surface area contributed by atoms with Gasteiger partial charge in [0, 0.05) is 69.0 Å². The van der Waals surface area contributed by atoms with Gasteiger partial charge in [0.2, 0.25) is 0 Å². The lowest BCUT2D eigenvalue weighted by Crippen LogP contribution is -2.36. The summed E-state index contributed by atoms with van der Waals surface area (Å²) in [5.41, 5.74) is 3.33. The lowest BCUT2D eigenvalue weighted by Gasteiger charge is -2.28. The molecule has 0 saturated carbocycles. The van der Waals surface area contributed by atoms with Gasteiger partial charge in [0.1, 0.15) is 5.82 Å². The molecule has 2 aliphatic heterocycles. The topological polar surface area (TPSA) is 95.1 Å². The molecule has 1 N–H and O–H groups in total. The minimum atomic E-state index is -0.0435. The number of fused-ring (bicyclic) bond motifs is 1. The number of pyridine rings is 2. The first-order valence-electron chi connectivity index (χ1n) is 10.6. The van der Waals surface area contributed by atoms with Gasteiger partial charge in [-0.2, -0.15) is 0 Å². The van der Waals surface area contributed by atoms with E-state index in [-0.39, 0.29) is 17.4 Å². The maximum atomic E-state index is 12.7. The fourth-order valence-corrected chi connectivity index (χ4v) is 4.43. The molecule has 8 nitrogen and oxygen atoms in total. The Morgan fingerprint density at radius 1 is 1.13 bits per heavy atom.